The summed E-state index contributed by atoms with van der Waals surface area (Å²) >= 11 is 0. The lowest BCUT2D eigenvalue weighted by molar-refractivity contribution is -0.141. The van der Waals surface area contributed by atoms with Crippen LogP contribution in [-0.2, 0) is 16.1 Å². The van der Waals surface area contributed by atoms with Gasteiger partial charge in [0.05, 0.1) is 19.1 Å². The highest BCUT2D eigenvalue weighted by Gasteiger charge is 2.28. The summed E-state index contributed by atoms with van der Waals surface area (Å²) in [6.07, 6.45) is -0.571. The van der Waals surface area contributed by atoms with E-state index in [-0.39, 0.29) is 18.9 Å². The van der Waals surface area contributed by atoms with Gasteiger partial charge in [-0.1, -0.05) is 48.5 Å². The molecule has 0 saturated carbocycles. The molecule has 0 radical (unpaired) electrons. The Morgan fingerprint density at radius 3 is 2.61 bits per heavy atom. The van der Waals surface area contributed by atoms with Crippen molar-refractivity contribution in [2.45, 2.75) is 19.1 Å². The number of carboxylic acids is 1. The fraction of sp³-hybridized carbons (Fsp3) is 0.273. The zero-order valence-corrected chi connectivity index (χ0v) is 15.5. The Morgan fingerprint density at radius 1 is 1.07 bits per heavy atom. The van der Waals surface area contributed by atoms with Gasteiger partial charge in [-0.15, -0.1) is 0 Å². The summed E-state index contributed by atoms with van der Waals surface area (Å²) in [7, 11) is 0. The Labute approximate surface area is 162 Å². The number of hydrogen-bond acceptors (Lipinski definition) is 3. The lowest BCUT2D eigenvalue weighted by Gasteiger charge is -2.32. The molecule has 1 fully saturated rings. The predicted molar refractivity (Wildman–Crippen MR) is 105 cm³/mol. The van der Waals surface area contributed by atoms with Gasteiger partial charge in [0.25, 0.3) is 5.91 Å². The van der Waals surface area contributed by atoms with Crippen molar-refractivity contribution >= 4 is 22.8 Å². The number of ether oxygens (including phenoxy) is 1. The Kier molecular flexibility index (Phi) is 5.12. The number of carbonyl (C=O) groups is 2. The zero-order valence-electron chi connectivity index (χ0n) is 15.5. The van der Waals surface area contributed by atoms with Crippen molar-refractivity contribution in [3.05, 3.63) is 71.9 Å². The van der Waals surface area contributed by atoms with E-state index < -0.39 is 12.1 Å². The highest BCUT2D eigenvalue weighted by molar-refractivity contribution is 5.99. The summed E-state index contributed by atoms with van der Waals surface area (Å²) in [5.41, 5.74) is 2.73. The van der Waals surface area contributed by atoms with Crippen LogP contribution in [0.15, 0.2) is 60.7 Å². The minimum atomic E-state index is -0.919. The van der Waals surface area contributed by atoms with Crippen LogP contribution in [0.2, 0.25) is 0 Å². The number of para-hydroxylation sites is 1. The maximum atomic E-state index is 13.3. The van der Waals surface area contributed by atoms with Crippen molar-refractivity contribution in [2.24, 2.45) is 0 Å². The van der Waals surface area contributed by atoms with Crippen LogP contribution in [0.5, 0.6) is 0 Å². The van der Waals surface area contributed by atoms with Gasteiger partial charge in [0.1, 0.15) is 5.69 Å². The second kappa shape index (κ2) is 7.86. The molecule has 3 aromatic rings. The number of carboxylic acid groups (broad SMARTS) is 1. The number of fused-ring (bicyclic) bond motifs is 1. The molecule has 144 valence electrons. The van der Waals surface area contributed by atoms with Crippen LogP contribution in [0.3, 0.4) is 0 Å². The molecule has 1 aliphatic rings. The Bertz CT molecular complexity index is 996. The standard InChI is InChI=1S/C22H22N2O4/c25-21(26)13-18-15-23(10-11-28-18)22(27)20-12-17-8-4-5-9-19(17)24(20)14-16-6-2-1-3-7-16/h1-9,12,18H,10-11,13-15H2,(H,25,26). The number of aromatic nitrogens is 1. The average Bonchev–Trinajstić information content (AvgIpc) is 3.06. The lowest BCUT2D eigenvalue weighted by Crippen LogP contribution is -2.46. The third-order valence-electron chi connectivity index (χ3n) is 5.04. The smallest absolute Gasteiger partial charge is 0.306 e. The number of hydrogen-bond donors (Lipinski definition) is 1. The molecule has 0 spiro atoms. The number of rotatable bonds is 5. The van der Waals surface area contributed by atoms with Gasteiger partial charge in [0.2, 0.25) is 0 Å². The number of amides is 1. The minimum absolute atomic E-state index is 0.0918. The number of carbonyl (C=O) groups excluding carboxylic acids is 1. The van der Waals surface area contributed by atoms with Gasteiger partial charge in [-0.2, -0.15) is 0 Å². The molecule has 1 aliphatic heterocycles. The normalized spacial score (nSPS) is 17.0. The molecule has 0 bridgehead atoms. The molecule has 4 rings (SSSR count). The summed E-state index contributed by atoms with van der Waals surface area (Å²) in [6, 6.07) is 19.9. The van der Waals surface area contributed by atoms with Gasteiger partial charge in [-0.3, -0.25) is 9.59 Å². The molecular formula is C22H22N2O4. The SMILES string of the molecule is O=C(O)CC1CN(C(=O)c2cc3ccccc3n2Cc2ccccc2)CCO1. The second-order valence-corrected chi connectivity index (χ2v) is 7.00. The molecule has 6 nitrogen and oxygen atoms in total. The average molecular weight is 378 g/mol. The fourth-order valence-corrected chi connectivity index (χ4v) is 3.71. The van der Waals surface area contributed by atoms with Crippen LogP contribution in [0.4, 0.5) is 0 Å². The van der Waals surface area contributed by atoms with E-state index in [2.05, 4.69) is 0 Å². The van der Waals surface area contributed by atoms with Crippen LogP contribution in [-0.4, -0.2) is 52.3 Å². The zero-order chi connectivity index (χ0) is 19.5. The molecule has 1 amide bonds. The van der Waals surface area contributed by atoms with Crippen molar-refractivity contribution < 1.29 is 19.4 Å². The van der Waals surface area contributed by atoms with Crippen LogP contribution < -0.4 is 0 Å². The number of morpholine rings is 1. The van der Waals surface area contributed by atoms with E-state index in [0.717, 1.165) is 16.5 Å². The number of nitrogens with zero attached hydrogens (tertiary/aromatic N) is 2. The summed E-state index contributed by atoms with van der Waals surface area (Å²) in [4.78, 5) is 26.0. The van der Waals surface area contributed by atoms with Crippen molar-refractivity contribution in [1.29, 1.82) is 0 Å². The Balaban J connectivity index is 1.66. The second-order valence-electron chi connectivity index (χ2n) is 7.00. The lowest BCUT2D eigenvalue weighted by atomic mass is 10.2. The van der Waals surface area contributed by atoms with E-state index in [1.165, 1.54) is 0 Å². The number of aliphatic carboxylic acids is 1. The highest BCUT2D eigenvalue weighted by atomic mass is 16.5. The van der Waals surface area contributed by atoms with Gasteiger partial charge < -0.3 is 19.3 Å². The van der Waals surface area contributed by atoms with Crippen molar-refractivity contribution in [2.75, 3.05) is 19.7 Å². The summed E-state index contributed by atoms with van der Waals surface area (Å²) in [6.45, 7) is 1.70. The molecular weight excluding hydrogens is 356 g/mol. The van der Waals surface area contributed by atoms with Crippen LogP contribution in [0.25, 0.3) is 10.9 Å². The largest absolute Gasteiger partial charge is 0.481 e. The predicted octanol–water partition coefficient (Wildman–Crippen LogP) is 3.01. The van der Waals surface area contributed by atoms with Crippen molar-refractivity contribution in [1.82, 2.24) is 9.47 Å². The Morgan fingerprint density at radius 2 is 1.82 bits per heavy atom. The minimum Gasteiger partial charge on any atom is -0.481 e. The monoisotopic (exact) mass is 378 g/mol. The Hall–Kier alpha value is -3.12. The van der Waals surface area contributed by atoms with E-state index in [9.17, 15) is 9.59 Å². The van der Waals surface area contributed by atoms with Crippen LogP contribution >= 0.6 is 0 Å². The van der Waals surface area contributed by atoms with Gasteiger partial charge in [-0.05, 0) is 17.7 Å². The number of benzene rings is 2. The molecule has 1 unspecified atom stereocenters. The third kappa shape index (κ3) is 3.77. The summed E-state index contributed by atoms with van der Waals surface area (Å²) in [5.74, 6) is -1.01. The first kappa shape index (κ1) is 18.3. The van der Waals surface area contributed by atoms with Gasteiger partial charge >= 0.3 is 5.97 Å². The first-order valence-corrected chi connectivity index (χ1v) is 9.36. The van der Waals surface area contributed by atoms with E-state index in [1.54, 1.807) is 4.90 Å². The van der Waals surface area contributed by atoms with Gasteiger partial charge in [0, 0.05) is 30.5 Å². The van der Waals surface area contributed by atoms with E-state index in [4.69, 9.17) is 9.84 Å². The topological polar surface area (TPSA) is 71.8 Å². The molecule has 2 aromatic carbocycles. The fourth-order valence-electron chi connectivity index (χ4n) is 3.71. The molecule has 1 saturated heterocycles. The quantitative estimate of drug-likeness (QED) is 0.741. The highest BCUT2D eigenvalue weighted by Crippen LogP contribution is 2.23. The maximum absolute atomic E-state index is 13.3. The molecule has 28 heavy (non-hydrogen) atoms. The summed E-state index contributed by atoms with van der Waals surface area (Å²) < 4.78 is 7.54. The molecule has 0 aliphatic carbocycles. The summed E-state index contributed by atoms with van der Waals surface area (Å²) in [5, 5.41) is 10.0. The van der Waals surface area contributed by atoms with Crippen LogP contribution in [0, 0.1) is 0 Å². The van der Waals surface area contributed by atoms with Crippen molar-refractivity contribution in [3.8, 4) is 0 Å². The van der Waals surface area contributed by atoms with Gasteiger partial charge in [0.15, 0.2) is 0 Å². The third-order valence-corrected chi connectivity index (χ3v) is 5.04. The first-order valence-electron chi connectivity index (χ1n) is 9.36. The molecule has 1 N–H and O–H groups in total. The van der Waals surface area contributed by atoms with E-state index in [1.807, 2.05) is 65.2 Å². The van der Waals surface area contributed by atoms with E-state index in [0.29, 0.717) is 25.4 Å². The van der Waals surface area contributed by atoms with E-state index >= 15 is 0 Å². The molecule has 6 heteroatoms. The van der Waals surface area contributed by atoms with Crippen LogP contribution in [0.1, 0.15) is 22.5 Å². The molecule has 2 heterocycles. The van der Waals surface area contributed by atoms with Crippen molar-refractivity contribution in [3.63, 3.8) is 0 Å². The molecule has 1 aromatic heterocycles. The first-order chi connectivity index (χ1) is 13.6. The maximum Gasteiger partial charge on any atom is 0.306 e. The van der Waals surface area contributed by atoms with Gasteiger partial charge in [-0.25, -0.2) is 0 Å². The molecule has 1 atom stereocenters.